The highest BCUT2D eigenvalue weighted by atomic mass is 16.5. The number of ether oxygens (including phenoxy) is 2. The fraction of sp³-hybridized carbons (Fsp3) is 0.357. The number of rotatable bonds is 4. The second-order valence-electron chi connectivity index (χ2n) is 4.07. The predicted octanol–water partition coefficient (Wildman–Crippen LogP) is 1.44. The van der Waals surface area contributed by atoms with Gasteiger partial charge in [0, 0.05) is 23.5 Å². The van der Waals surface area contributed by atoms with Crippen LogP contribution in [0.3, 0.4) is 0 Å². The van der Waals surface area contributed by atoms with Crippen molar-refractivity contribution >= 4 is 5.97 Å². The molecule has 1 aromatic carbocycles. The molecule has 0 fully saturated rings. The van der Waals surface area contributed by atoms with E-state index in [1.54, 1.807) is 6.07 Å². The van der Waals surface area contributed by atoms with E-state index in [9.17, 15) is 4.79 Å². The molecule has 0 radical (unpaired) electrons. The maximum absolute atomic E-state index is 11.3. The monoisotopic (exact) mass is 245 g/mol. The first-order valence-corrected chi connectivity index (χ1v) is 5.91. The van der Waals surface area contributed by atoms with Gasteiger partial charge in [-0.2, -0.15) is 0 Å². The third-order valence-electron chi connectivity index (χ3n) is 2.66. The van der Waals surface area contributed by atoms with Crippen LogP contribution in [-0.2, 0) is 4.79 Å². The van der Waals surface area contributed by atoms with Crippen molar-refractivity contribution in [2.75, 3.05) is 13.2 Å². The van der Waals surface area contributed by atoms with Crippen LogP contribution in [0.15, 0.2) is 18.2 Å². The Hall–Kier alpha value is -1.99. The number of carbonyl (C=O) groups is 1. The van der Waals surface area contributed by atoms with Crippen LogP contribution in [-0.4, -0.2) is 19.1 Å². The molecule has 1 aliphatic heterocycles. The van der Waals surface area contributed by atoms with E-state index < -0.39 is 5.97 Å². The normalized spacial score (nSPS) is 17.0. The Labute approximate surface area is 106 Å². The number of nitrogens with two attached hydrogens (primary N) is 1. The van der Waals surface area contributed by atoms with Crippen LogP contribution in [0.2, 0.25) is 0 Å². The highest BCUT2D eigenvalue weighted by Gasteiger charge is 2.16. The lowest BCUT2D eigenvalue weighted by atomic mass is 10.0. The van der Waals surface area contributed by atoms with Crippen molar-refractivity contribution in [3.8, 4) is 23.3 Å². The molecule has 1 aliphatic rings. The minimum absolute atomic E-state index is 0.0236. The lowest BCUT2D eigenvalue weighted by Crippen LogP contribution is -2.07. The molecular formula is C14H15NO3. The standard InChI is InChI=1S/C14H15NO3/c1-10-3-6-14(16)18-13-9-11(4-5-12(10)13)17-8-2-7-15/h4-5,9-10H,2,7-8,15H2,1H3. The Morgan fingerprint density at radius 3 is 3.11 bits per heavy atom. The first-order chi connectivity index (χ1) is 8.70. The molecule has 0 saturated carbocycles. The van der Waals surface area contributed by atoms with Crippen LogP contribution in [0.4, 0.5) is 0 Å². The molecule has 1 heterocycles. The SMILES string of the molecule is CC1C#CC(=O)Oc2cc(OCCCN)ccc21. The Bertz CT molecular complexity index is 514. The largest absolute Gasteiger partial charge is 0.493 e. The molecule has 0 saturated heterocycles. The maximum atomic E-state index is 11.3. The summed E-state index contributed by atoms with van der Waals surface area (Å²) in [4.78, 5) is 11.3. The average molecular weight is 245 g/mol. The lowest BCUT2D eigenvalue weighted by molar-refractivity contribution is -0.128. The number of fused-ring (bicyclic) bond motifs is 1. The Balaban J connectivity index is 2.19. The van der Waals surface area contributed by atoms with E-state index in [0.717, 1.165) is 12.0 Å². The zero-order valence-corrected chi connectivity index (χ0v) is 10.2. The maximum Gasteiger partial charge on any atom is 0.389 e. The van der Waals surface area contributed by atoms with E-state index in [4.69, 9.17) is 15.2 Å². The number of hydrogen-bond acceptors (Lipinski definition) is 4. The quantitative estimate of drug-likeness (QED) is 0.287. The van der Waals surface area contributed by atoms with E-state index in [1.807, 2.05) is 19.1 Å². The van der Waals surface area contributed by atoms with Gasteiger partial charge in [-0.05, 0) is 26.0 Å². The highest BCUT2D eigenvalue weighted by Crippen LogP contribution is 2.31. The van der Waals surface area contributed by atoms with Crippen LogP contribution in [0, 0.1) is 11.8 Å². The van der Waals surface area contributed by atoms with Crippen LogP contribution in [0.1, 0.15) is 24.8 Å². The van der Waals surface area contributed by atoms with E-state index in [2.05, 4.69) is 11.8 Å². The molecule has 0 bridgehead atoms. The summed E-state index contributed by atoms with van der Waals surface area (Å²) < 4.78 is 10.7. The topological polar surface area (TPSA) is 61.5 Å². The summed E-state index contributed by atoms with van der Waals surface area (Å²) in [5.74, 6) is 5.91. The minimum atomic E-state index is -0.528. The van der Waals surface area contributed by atoms with E-state index in [-0.39, 0.29) is 5.92 Å². The van der Waals surface area contributed by atoms with Gasteiger partial charge in [-0.15, -0.1) is 0 Å². The predicted molar refractivity (Wildman–Crippen MR) is 67.4 cm³/mol. The average Bonchev–Trinajstić information content (AvgIpc) is 2.49. The molecule has 0 amide bonds. The molecule has 0 aliphatic carbocycles. The summed E-state index contributed by atoms with van der Waals surface area (Å²) in [6, 6.07) is 5.45. The van der Waals surface area contributed by atoms with Gasteiger partial charge < -0.3 is 15.2 Å². The van der Waals surface area contributed by atoms with Gasteiger partial charge in [0.25, 0.3) is 0 Å². The lowest BCUT2D eigenvalue weighted by Gasteiger charge is -2.12. The van der Waals surface area contributed by atoms with Crippen molar-refractivity contribution in [1.29, 1.82) is 0 Å². The van der Waals surface area contributed by atoms with Crippen molar-refractivity contribution in [2.45, 2.75) is 19.3 Å². The fourth-order valence-electron chi connectivity index (χ4n) is 1.69. The van der Waals surface area contributed by atoms with Crippen LogP contribution in [0.5, 0.6) is 11.5 Å². The van der Waals surface area contributed by atoms with Gasteiger partial charge in [-0.1, -0.05) is 12.0 Å². The number of esters is 1. The second kappa shape index (κ2) is 5.56. The first kappa shape index (κ1) is 12.5. The van der Waals surface area contributed by atoms with Gasteiger partial charge in [-0.25, -0.2) is 4.79 Å². The van der Waals surface area contributed by atoms with Crippen LogP contribution >= 0.6 is 0 Å². The van der Waals surface area contributed by atoms with E-state index in [0.29, 0.717) is 24.7 Å². The summed E-state index contributed by atoms with van der Waals surface area (Å²) >= 11 is 0. The molecule has 0 spiro atoms. The van der Waals surface area contributed by atoms with Crippen LogP contribution in [0.25, 0.3) is 0 Å². The van der Waals surface area contributed by atoms with Crippen molar-refractivity contribution in [3.63, 3.8) is 0 Å². The molecule has 4 heteroatoms. The molecule has 18 heavy (non-hydrogen) atoms. The third-order valence-corrected chi connectivity index (χ3v) is 2.66. The second-order valence-corrected chi connectivity index (χ2v) is 4.07. The Morgan fingerprint density at radius 2 is 2.33 bits per heavy atom. The molecule has 1 unspecified atom stereocenters. The number of hydrogen-bond donors (Lipinski definition) is 1. The highest BCUT2D eigenvalue weighted by molar-refractivity contribution is 5.91. The summed E-state index contributed by atoms with van der Waals surface area (Å²) in [5, 5.41) is 0. The van der Waals surface area contributed by atoms with E-state index in [1.165, 1.54) is 0 Å². The fourth-order valence-corrected chi connectivity index (χ4v) is 1.69. The van der Waals surface area contributed by atoms with Crippen molar-refractivity contribution in [2.24, 2.45) is 5.73 Å². The smallest absolute Gasteiger partial charge is 0.389 e. The third kappa shape index (κ3) is 2.82. The molecule has 4 nitrogen and oxygen atoms in total. The first-order valence-electron chi connectivity index (χ1n) is 5.91. The Kier molecular flexibility index (Phi) is 3.85. The number of carbonyl (C=O) groups excluding carboxylic acids is 1. The zero-order valence-electron chi connectivity index (χ0n) is 10.2. The van der Waals surface area contributed by atoms with Gasteiger partial charge in [0.15, 0.2) is 0 Å². The van der Waals surface area contributed by atoms with Crippen LogP contribution < -0.4 is 15.2 Å². The summed E-state index contributed by atoms with van der Waals surface area (Å²) in [6.45, 7) is 3.07. The minimum Gasteiger partial charge on any atom is -0.493 e. The molecule has 1 aromatic rings. The van der Waals surface area contributed by atoms with Gasteiger partial charge >= 0.3 is 5.97 Å². The molecule has 1 atom stereocenters. The molecule has 0 aromatic heterocycles. The molecule has 2 N–H and O–H groups in total. The van der Waals surface area contributed by atoms with Gasteiger partial charge in [0.1, 0.15) is 11.5 Å². The zero-order chi connectivity index (χ0) is 13.0. The van der Waals surface area contributed by atoms with Crippen molar-refractivity contribution < 1.29 is 14.3 Å². The summed E-state index contributed by atoms with van der Waals surface area (Å²) in [5.41, 5.74) is 6.30. The van der Waals surface area contributed by atoms with Gasteiger partial charge in [-0.3, -0.25) is 0 Å². The van der Waals surface area contributed by atoms with Gasteiger partial charge in [0.05, 0.1) is 6.61 Å². The van der Waals surface area contributed by atoms with Crippen molar-refractivity contribution in [1.82, 2.24) is 0 Å². The summed E-state index contributed by atoms with van der Waals surface area (Å²) in [6.07, 6.45) is 0.788. The molecule has 2 rings (SSSR count). The number of benzene rings is 1. The van der Waals surface area contributed by atoms with Crippen molar-refractivity contribution in [3.05, 3.63) is 23.8 Å². The molecular weight excluding hydrogens is 230 g/mol. The Morgan fingerprint density at radius 1 is 1.50 bits per heavy atom. The molecule has 94 valence electrons. The summed E-state index contributed by atoms with van der Waals surface area (Å²) in [7, 11) is 0. The van der Waals surface area contributed by atoms with E-state index >= 15 is 0 Å². The van der Waals surface area contributed by atoms with Gasteiger partial charge in [0.2, 0.25) is 0 Å².